The summed E-state index contributed by atoms with van der Waals surface area (Å²) in [5.74, 6) is 0.907. The molecular formula is C17H18O2. The lowest BCUT2D eigenvalue weighted by Gasteiger charge is -2.11. The van der Waals surface area contributed by atoms with Crippen LogP contribution >= 0.6 is 0 Å². The second-order valence-electron chi connectivity index (χ2n) is 4.46. The Bertz CT molecular complexity index is 546. The predicted molar refractivity (Wildman–Crippen MR) is 76.6 cm³/mol. The van der Waals surface area contributed by atoms with Crippen LogP contribution in [0, 0.1) is 0 Å². The Morgan fingerprint density at radius 2 is 1.68 bits per heavy atom. The molecule has 2 aromatic rings. The van der Waals surface area contributed by atoms with Crippen molar-refractivity contribution in [1.29, 1.82) is 0 Å². The van der Waals surface area contributed by atoms with E-state index in [9.17, 15) is 4.79 Å². The van der Waals surface area contributed by atoms with Crippen LogP contribution in [-0.2, 0) is 13.0 Å². The van der Waals surface area contributed by atoms with E-state index in [0.717, 1.165) is 30.4 Å². The third kappa shape index (κ3) is 3.44. The van der Waals surface area contributed by atoms with E-state index in [1.807, 2.05) is 42.5 Å². The highest BCUT2D eigenvalue weighted by Crippen LogP contribution is 2.21. The van der Waals surface area contributed by atoms with Gasteiger partial charge in [-0.1, -0.05) is 55.8 Å². The van der Waals surface area contributed by atoms with Crippen LogP contribution in [-0.4, -0.2) is 6.29 Å². The van der Waals surface area contributed by atoms with Gasteiger partial charge >= 0.3 is 0 Å². The van der Waals surface area contributed by atoms with Gasteiger partial charge in [0.2, 0.25) is 0 Å². The molecule has 98 valence electrons. The summed E-state index contributed by atoms with van der Waals surface area (Å²) >= 11 is 0. The summed E-state index contributed by atoms with van der Waals surface area (Å²) in [5.41, 5.74) is 2.83. The van der Waals surface area contributed by atoms with Crippen molar-refractivity contribution in [2.45, 2.75) is 26.4 Å². The summed E-state index contributed by atoms with van der Waals surface area (Å²) in [6.07, 6.45) is 2.97. The molecule has 2 rings (SSSR count). The zero-order valence-electron chi connectivity index (χ0n) is 11.1. The molecule has 0 radical (unpaired) electrons. The maximum absolute atomic E-state index is 11.0. The van der Waals surface area contributed by atoms with E-state index in [-0.39, 0.29) is 0 Å². The number of aryl methyl sites for hydroxylation is 1. The number of aldehydes is 1. The summed E-state index contributed by atoms with van der Waals surface area (Å²) in [6, 6.07) is 15.6. The van der Waals surface area contributed by atoms with E-state index in [0.29, 0.717) is 12.2 Å². The smallest absolute Gasteiger partial charge is 0.150 e. The van der Waals surface area contributed by atoms with Gasteiger partial charge in [0.15, 0.2) is 0 Å². The van der Waals surface area contributed by atoms with Crippen molar-refractivity contribution in [3.05, 3.63) is 65.2 Å². The maximum atomic E-state index is 11.0. The van der Waals surface area contributed by atoms with Crippen molar-refractivity contribution >= 4 is 6.29 Å². The molecule has 0 aliphatic carbocycles. The van der Waals surface area contributed by atoms with E-state index in [4.69, 9.17) is 4.74 Å². The lowest BCUT2D eigenvalue weighted by molar-refractivity contribution is 0.112. The summed E-state index contributed by atoms with van der Waals surface area (Å²) in [5, 5.41) is 0. The SMILES string of the molecule is CCCc1ccccc1OCc1ccccc1C=O. The van der Waals surface area contributed by atoms with Crippen molar-refractivity contribution < 1.29 is 9.53 Å². The van der Waals surface area contributed by atoms with Crippen LogP contribution < -0.4 is 4.74 Å². The molecular weight excluding hydrogens is 236 g/mol. The fourth-order valence-corrected chi connectivity index (χ4v) is 2.06. The first-order valence-corrected chi connectivity index (χ1v) is 6.59. The molecule has 0 unspecified atom stereocenters. The maximum Gasteiger partial charge on any atom is 0.150 e. The highest BCUT2D eigenvalue weighted by molar-refractivity contribution is 5.77. The molecule has 0 heterocycles. The number of rotatable bonds is 6. The van der Waals surface area contributed by atoms with Crippen molar-refractivity contribution in [3.63, 3.8) is 0 Å². The van der Waals surface area contributed by atoms with E-state index in [1.165, 1.54) is 5.56 Å². The largest absolute Gasteiger partial charge is 0.489 e. The lowest BCUT2D eigenvalue weighted by atomic mass is 10.1. The molecule has 0 aliphatic rings. The molecule has 0 spiro atoms. The Morgan fingerprint density at radius 1 is 1.00 bits per heavy atom. The van der Waals surface area contributed by atoms with Crippen molar-refractivity contribution in [2.75, 3.05) is 0 Å². The van der Waals surface area contributed by atoms with Crippen molar-refractivity contribution in [1.82, 2.24) is 0 Å². The Balaban J connectivity index is 2.12. The van der Waals surface area contributed by atoms with Gasteiger partial charge in [-0.2, -0.15) is 0 Å². The highest BCUT2D eigenvalue weighted by atomic mass is 16.5. The lowest BCUT2D eigenvalue weighted by Crippen LogP contribution is -2.01. The van der Waals surface area contributed by atoms with E-state index in [2.05, 4.69) is 13.0 Å². The molecule has 0 aromatic heterocycles. The number of ether oxygens (including phenoxy) is 1. The Kier molecular flexibility index (Phi) is 4.73. The van der Waals surface area contributed by atoms with E-state index >= 15 is 0 Å². The third-order valence-corrected chi connectivity index (χ3v) is 3.06. The summed E-state index contributed by atoms with van der Waals surface area (Å²) < 4.78 is 5.86. The minimum absolute atomic E-state index is 0.426. The Morgan fingerprint density at radius 3 is 2.42 bits per heavy atom. The fraction of sp³-hybridized carbons (Fsp3) is 0.235. The third-order valence-electron chi connectivity index (χ3n) is 3.06. The van der Waals surface area contributed by atoms with Gasteiger partial charge in [0, 0.05) is 5.56 Å². The first-order chi connectivity index (χ1) is 9.35. The molecule has 2 nitrogen and oxygen atoms in total. The normalized spacial score (nSPS) is 10.2. The van der Waals surface area contributed by atoms with E-state index in [1.54, 1.807) is 0 Å². The Labute approximate surface area is 114 Å². The van der Waals surface area contributed by atoms with Gasteiger partial charge in [-0.15, -0.1) is 0 Å². The molecule has 2 aromatic carbocycles. The zero-order chi connectivity index (χ0) is 13.5. The fourth-order valence-electron chi connectivity index (χ4n) is 2.06. The number of hydrogen-bond acceptors (Lipinski definition) is 2. The number of carbonyl (C=O) groups is 1. The van der Waals surface area contributed by atoms with Crippen LogP contribution in [0.1, 0.15) is 34.8 Å². The number of benzene rings is 2. The summed E-state index contributed by atoms with van der Waals surface area (Å²) in [7, 11) is 0. The van der Waals surface area contributed by atoms with Crippen LogP contribution in [0.3, 0.4) is 0 Å². The molecule has 0 aliphatic heterocycles. The van der Waals surface area contributed by atoms with Crippen LogP contribution in [0.25, 0.3) is 0 Å². The first-order valence-electron chi connectivity index (χ1n) is 6.59. The first kappa shape index (κ1) is 13.3. The molecule has 2 heteroatoms. The van der Waals surface area contributed by atoms with Crippen molar-refractivity contribution in [2.24, 2.45) is 0 Å². The van der Waals surface area contributed by atoms with Crippen LogP contribution in [0.4, 0.5) is 0 Å². The van der Waals surface area contributed by atoms with E-state index < -0.39 is 0 Å². The second kappa shape index (κ2) is 6.74. The van der Waals surface area contributed by atoms with Gasteiger partial charge in [0.05, 0.1) is 0 Å². The monoisotopic (exact) mass is 254 g/mol. The zero-order valence-corrected chi connectivity index (χ0v) is 11.1. The quantitative estimate of drug-likeness (QED) is 0.727. The second-order valence-corrected chi connectivity index (χ2v) is 4.46. The molecule has 0 atom stereocenters. The minimum atomic E-state index is 0.426. The van der Waals surface area contributed by atoms with Gasteiger partial charge in [-0.25, -0.2) is 0 Å². The van der Waals surface area contributed by atoms with Crippen LogP contribution in [0.2, 0.25) is 0 Å². The molecule has 0 saturated carbocycles. The van der Waals surface area contributed by atoms with Gasteiger partial charge in [0.25, 0.3) is 0 Å². The average Bonchev–Trinajstić information content (AvgIpc) is 2.47. The number of hydrogen-bond donors (Lipinski definition) is 0. The standard InChI is InChI=1S/C17H18O2/c1-2-7-14-8-5-6-11-17(14)19-13-16-10-4-3-9-15(16)12-18/h3-6,8-12H,2,7,13H2,1H3. The highest BCUT2D eigenvalue weighted by Gasteiger charge is 2.04. The summed E-state index contributed by atoms with van der Waals surface area (Å²) in [6.45, 7) is 2.58. The van der Waals surface area contributed by atoms with Crippen LogP contribution in [0.15, 0.2) is 48.5 Å². The predicted octanol–water partition coefficient (Wildman–Crippen LogP) is 4.03. The topological polar surface area (TPSA) is 26.3 Å². The Hall–Kier alpha value is -2.09. The van der Waals surface area contributed by atoms with Gasteiger partial charge in [-0.3, -0.25) is 4.79 Å². The molecule has 0 bridgehead atoms. The number of para-hydroxylation sites is 1. The van der Waals surface area contributed by atoms with Crippen molar-refractivity contribution in [3.8, 4) is 5.75 Å². The summed E-state index contributed by atoms with van der Waals surface area (Å²) in [4.78, 5) is 11.0. The minimum Gasteiger partial charge on any atom is -0.489 e. The molecule has 0 amide bonds. The molecule has 0 saturated heterocycles. The van der Waals surface area contributed by atoms with Crippen LogP contribution in [0.5, 0.6) is 5.75 Å². The molecule has 0 N–H and O–H groups in total. The number of carbonyl (C=O) groups excluding carboxylic acids is 1. The average molecular weight is 254 g/mol. The molecule has 0 fully saturated rings. The van der Waals surface area contributed by atoms with Gasteiger partial charge in [-0.05, 0) is 23.6 Å². The molecule has 19 heavy (non-hydrogen) atoms. The van der Waals surface area contributed by atoms with Gasteiger partial charge in [0.1, 0.15) is 18.6 Å². The van der Waals surface area contributed by atoms with Gasteiger partial charge < -0.3 is 4.74 Å².